The Morgan fingerprint density at radius 2 is 1.80 bits per heavy atom. The van der Waals surface area contributed by atoms with Crippen LogP contribution in [0.15, 0.2) is 54.9 Å². The summed E-state index contributed by atoms with van der Waals surface area (Å²) in [5.74, 6) is 0. The average molecular weight is 263 g/mol. The van der Waals surface area contributed by atoms with Crippen molar-refractivity contribution in [2.75, 3.05) is 0 Å². The third kappa shape index (κ3) is 3.69. The van der Waals surface area contributed by atoms with Gasteiger partial charge in [-0.1, -0.05) is 50.3 Å². The van der Waals surface area contributed by atoms with Crippen LogP contribution in [0.25, 0.3) is 5.57 Å². The van der Waals surface area contributed by atoms with E-state index in [0.717, 1.165) is 29.7 Å². The Kier molecular flexibility index (Phi) is 4.92. The fraction of sp³-hybridized carbons (Fsp3) is 0.263. The number of benzene rings is 1. The molecular weight excluding hydrogens is 242 g/mol. The lowest BCUT2D eigenvalue weighted by Gasteiger charge is -2.07. The van der Waals surface area contributed by atoms with Gasteiger partial charge in [0.05, 0.1) is 0 Å². The van der Waals surface area contributed by atoms with Crippen LogP contribution in [-0.4, -0.2) is 4.98 Å². The second-order valence-electron chi connectivity index (χ2n) is 5.09. The molecule has 0 spiro atoms. The van der Waals surface area contributed by atoms with Crippen LogP contribution in [0.4, 0.5) is 0 Å². The van der Waals surface area contributed by atoms with E-state index in [1.165, 1.54) is 17.5 Å². The number of hydrogen-bond acceptors (Lipinski definition) is 1. The summed E-state index contributed by atoms with van der Waals surface area (Å²) in [6.45, 7) is 8.01. The lowest BCUT2D eigenvalue weighted by molar-refractivity contribution is 0.921. The maximum Gasteiger partial charge on any atom is 0.0373 e. The minimum Gasteiger partial charge on any atom is -0.261 e. The van der Waals surface area contributed by atoms with E-state index in [0.29, 0.717) is 0 Å². The maximum absolute atomic E-state index is 4.34. The van der Waals surface area contributed by atoms with E-state index in [9.17, 15) is 0 Å². The zero-order valence-corrected chi connectivity index (χ0v) is 12.3. The molecule has 1 aromatic carbocycles. The minimum atomic E-state index is 0.848. The molecule has 0 N–H and O–H groups in total. The van der Waals surface area contributed by atoms with Crippen LogP contribution in [0.3, 0.4) is 0 Å². The minimum absolute atomic E-state index is 0.848. The Bertz CT molecular complexity index is 599. The molecule has 0 aliphatic carbocycles. The normalized spacial score (nSPS) is 10.1. The molecule has 0 amide bonds. The van der Waals surface area contributed by atoms with Crippen LogP contribution in [0, 0.1) is 6.92 Å². The van der Waals surface area contributed by atoms with Crippen molar-refractivity contribution < 1.29 is 0 Å². The fourth-order valence-electron chi connectivity index (χ4n) is 2.23. The van der Waals surface area contributed by atoms with Crippen molar-refractivity contribution in [3.63, 3.8) is 0 Å². The summed E-state index contributed by atoms with van der Waals surface area (Å²) in [6, 6.07) is 12.9. The van der Waals surface area contributed by atoms with E-state index in [-0.39, 0.29) is 0 Å². The lowest BCUT2D eigenvalue weighted by Crippen LogP contribution is -1.92. The standard InChI is InChI=1S/C19H21N/c1-4-6-16-8-10-17(11-9-16)13-18(5-2)19-12-7-15(3)20-14-19/h7-12,14H,2,4,6,13H2,1,3H3. The molecular formula is C19H21N. The van der Waals surface area contributed by atoms with Gasteiger partial charge < -0.3 is 0 Å². The van der Waals surface area contributed by atoms with E-state index in [2.05, 4.69) is 54.5 Å². The van der Waals surface area contributed by atoms with Gasteiger partial charge in [-0.2, -0.15) is 0 Å². The smallest absolute Gasteiger partial charge is 0.0373 e. The topological polar surface area (TPSA) is 12.9 Å². The maximum atomic E-state index is 4.34. The first-order chi connectivity index (χ1) is 9.72. The predicted octanol–water partition coefficient (Wildman–Crippen LogP) is 4.75. The average Bonchev–Trinajstić information content (AvgIpc) is 2.48. The molecule has 1 aromatic heterocycles. The molecule has 0 fully saturated rings. The van der Waals surface area contributed by atoms with Crippen molar-refractivity contribution in [1.29, 1.82) is 0 Å². The van der Waals surface area contributed by atoms with Crippen LogP contribution < -0.4 is 0 Å². The Morgan fingerprint density at radius 1 is 1.10 bits per heavy atom. The zero-order chi connectivity index (χ0) is 14.4. The van der Waals surface area contributed by atoms with Gasteiger partial charge in [0.1, 0.15) is 0 Å². The molecule has 0 saturated carbocycles. The molecule has 0 atom stereocenters. The number of hydrogen-bond donors (Lipinski definition) is 0. The molecule has 1 heterocycles. The summed E-state index contributed by atoms with van der Waals surface area (Å²) in [5.41, 5.74) is 8.97. The predicted molar refractivity (Wildman–Crippen MR) is 85.7 cm³/mol. The number of rotatable bonds is 5. The van der Waals surface area contributed by atoms with Crippen LogP contribution in [0.1, 0.15) is 35.7 Å². The SMILES string of the molecule is C=C=C(Cc1ccc(CCC)cc1)c1ccc(C)nc1. The van der Waals surface area contributed by atoms with Gasteiger partial charge in [-0.25, -0.2) is 0 Å². The van der Waals surface area contributed by atoms with Crippen LogP contribution in [-0.2, 0) is 12.8 Å². The zero-order valence-electron chi connectivity index (χ0n) is 12.3. The Morgan fingerprint density at radius 3 is 2.35 bits per heavy atom. The molecule has 102 valence electrons. The van der Waals surface area contributed by atoms with Crippen molar-refractivity contribution >= 4 is 5.57 Å². The summed E-state index contributed by atoms with van der Waals surface area (Å²) < 4.78 is 0. The number of aryl methyl sites for hydroxylation is 2. The Balaban J connectivity index is 2.14. The quantitative estimate of drug-likeness (QED) is 0.709. The Hall–Kier alpha value is -2.11. The van der Waals surface area contributed by atoms with E-state index in [1.807, 2.05) is 19.2 Å². The summed E-state index contributed by atoms with van der Waals surface area (Å²) >= 11 is 0. The first-order valence-corrected chi connectivity index (χ1v) is 7.12. The van der Waals surface area contributed by atoms with Crippen molar-refractivity contribution in [2.45, 2.75) is 33.1 Å². The number of pyridine rings is 1. The monoisotopic (exact) mass is 263 g/mol. The van der Waals surface area contributed by atoms with Crippen molar-refractivity contribution in [1.82, 2.24) is 4.98 Å². The molecule has 0 bridgehead atoms. The largest absolute Gasteiger partial charge is 0.261 e. The van der Waals surface area contributed by atoms with Gasteiger partial charge in [0.25, 0.3) is 0 Å². The van der Waals surface area contributed by atoms with Crippen molar-refractivity contribution in [3.05, 3.63) is 77.3 Å². The molecule has 20 heavy (non-hydrogen) atoms. The molecule has 0 unspecified atom stereocenters. The van der Waals surface area contributed by atoms with Gasteiger partial charge in [0.15, 0.2) is 0 Å². The van der Waals surface area contributed by atoms with Gasteiger partial charge in [-0.05, 0) is 30.5 Å². The second-order valence-corrected chi connectivity index (χ2v) is 5.09. The van der Waals surface area contributed by atoms with Gasteiger partial charge >= 0.3 is 0 Å². The number of nitrogens with zero attached hydrogens (tertiary/aromatic N) is 1. The summed E-state index contributed by atoms with van der Waals surface area (Å²) in [6.07, 6.45) is 5.08. The van der Waals surface area contributed by atoms with E-state index >= 15 is 0 Å². The van der Waals surface area contributed by atoms with Crippen LogP contribution >= 0.6 is 0 Å². The highest BCUT2D eigenvalue weighted by atomic mass is 14.7. The fourth-order valence-corrected chi connectivity index (χ4v) is 2.23. The molecule has 2 rings (SSSR count). The van der Waals surface area contributed by atoms with E-state index in [4.69, 9.17) is 0 Å². The number of allylic oxidation sites excluding steroid dienone is 1. The highest BCUT2D eigenvalue weighted by molar-refractivity contribution is 5.66. The van der Waals surface area contributed by atoms with E-state index < -0.39 is 0 Å². The van der Waals surface area contributed by atoms with Crippen LogP contribution in [0.5, 0.6) is 0 Å². The summed E-state index contributed by atoms with van der Waals surface area (Å²) in [4.78, 5) is 4.34. The Labute approximate surface area is 121 Å². The van der Waals surface area contributed by atoms with Gasteiger partial charge in [0, 0.05) is 29.4 Å². The molecule has 0 aliphatic rings. The highest BCUT2D eigenvalue weighted by Crippen LogP contribution is 2.19. The summed E-state index contributed by atoms with van der Waals surface area (Å²) in [5, 5.41) is 0. The first kappa shape index (κ1) is 14.3. The van der Waals surface area contributed by atoms with Crippen molar-refractivity contribution in [2.24, 2.45) is 0 Å². The van der Waals surface area contributed by atoms with Gasteiger partial charge in [-0.15, -0.1) is 5.73 Å². The molecule has 0 aliphatic heterocycles. The summed E-state index contributed by atoms with van der Waals surface area (Å²) in [7, 11) is 0. The van der Waals surface area contributed by atoms with Gasteiger partial charge in [0.2, 0.25) is 0 Å². The molecule has 2 aromatic rings. The third-order valence-electron chi connectivity index (χ3n) is 3.42. The molecule has 1 nitrogen and oxygen atoms in total. The van der Waals surface area contributed by atoms with Gasteiger partial charge in [-0.3, -0.25) is 4.98 Å². The van der Waals surface area contributed by atoms with Crippen LogP contribution in [0.2, 0.25) is 0 Å². The number of aromatic nitrogens is 1. The van der Waals surface area contributed by atoms with E-state index in [1.54, 1.807) is 0 Å². The molecule has 1 heteroatoms. The lowest BCUT2D eigenvalue weighted by atomic mass is 9.98. The molecule has 0 radical (unpaired) electrons. The van der Waals surface area contributed by atoms with Crippen molar-refractivity contribution in [3.8, 4) is 0 Å². The first-order valence-electron chi connectivity index (χ1n) is 7.12. The highest BCUT2D eigenvalue weighted by Gasteiger charge is 2.03. The third-order valence-corrected chi connectivity index (χ3v) is 3.42. The molecule has 0 saturated heterocycles. The second kappa shape index (κ2) is 6.88.